The van der Waals surface area contributed by atoms with E-state index in [0.717, 1.165) is 25.7 Å². The third-order valence-electron chi connectivity index (χ3n) is 3.24. The number of ether oxygens (including phenoxy) is 1. The second kappa shape index (κ2) is 5.69. The van der Waals surface area contributed by atoms with Crippen molar-refractivity contribution in [2.75, 3.05) is 5.32 Å². The van der Waals surface area contributed by atoms with E-state index in [2.05, 4.69) is 10.1 Å². The molecule has 0 atom stereocenters. The highest BCUT2D eigenvalue weighted by Gasteiger charge is 2.32. The van der Waals surface area contributed by atoms with Crippen LogP contribution >= 0.6 is 0 Å². The van der Waals surface area contributed by atoms with Gasteiger partial charge in [0.25, 0.3) is 0 Å². The molecule has 0 amide bonds. The molecule has 1 aliphatic carbocycles. The summed E-state index contributed by atoms with van der Waals surface area (Å²) in [5.74, 6) is -0.190. The Labute approximate surface area is 109 Å². The molecule has 1 aliphatic rings. The van der Waals surface area contributed by atoms with Crippen molar-refractivity contribution in [3.63, 3.8) is 0 Å². The monoisotopic (exact) mass is 274 g/mol. The summed E-state index contributed by atoms with van der Waals surface area (Å²) in [6.45, 7) is 0. The molecular weight excluding hydrogens is 257 g/mol. The number of nitrogens with two attached hydrogens (primary N) is 1. The number of nitrogens with one attached hydrogen (secondary N) is 1. The number of hydrogen-bond acceptors (Lipinski definition) is 3. The van der Waals surface area contributed by atoms with Crippen molar-refractivity contribution < 1.29 is 17.9 Å². The first-order valence-corrected chi connectivity index (χ1v) is 6.31. The summed E-state index contributed by atoms with van der Waals surface area (Å²) in [4.78, 5) is 0. The fourth-order valence-corrected chi connectivity index (χ4v) is 2.28. The maximum atomic E-state index is 12.3. The van der Waals surface area contributed by atoms with Gasteiger partial charge in [-0.3, -0.25) is 0 Å². The highest BCUT2D eigenvalue weighted by molar-refractivity contribution is 5.56. The van der Waals surface area contributed by atoms with Crippen LogP contribution < -0.4 is 15.8 Å². The van der Waals surface area contributed by atoms with E-state index in [1.807, 2.05) is 0 Å². The number of para-hydroxylation sites is 2. The molecule has 3 N–H and O–H groups in total. The first-order valence-electron chi connectivity index (χ1n) is 6.31. The van der Waals surface area contributed by atoms with Crippen LogP contribution in [0.1, 0.15) is 25.7 Å². The first kappa shape index (κ1) is 14.0. The molecule has 0 saturated heterocycles. The Kier molecular flexibility index (Phi) is 4.19. The average Bonchev–Trinajstić information content (AvgIpc) is 2.33. The molecule has 0 aromatic heterocycles. The summed E-state index contributed by atoms with van der Waals surface area (Å²) < 4.78 is 40.9. The standard InChI is InChI=1S/C13H17F3N2O/c14-13(15,16)19-12-4-2-1-3-11(12)18-10-7-5-9(17)6-8-10/h1-4,9-10,18H,5-8,17H2. The Morgan fingerprint density at radius 1 is 1.11 bits per heavy atom. The molecule has 1 saturated carbocycles. The minimum Gasteiger partial charge on any atom is -0.404 e. The predicted octanol–water partition coefficient (Wildman–Crippen LogP) is 3.27. The third-order valence-corrected chi connectivity index (χ3v) is 3.24. The van der Waals surface area contributed by atoms with Gasteiger partial charge in [-0.2, -0.15) is 0 Å². The van der Waals surface area contributed by atoms with Gasteiger partial charge in [-0.25, -0.2) is 0 Å². The molecule has 0 unspecified atom stereocenters. The molecule has 0 radical (unpaired) electrons. The molecule has 6 heteroatoms. The van der Waals surface area contributed by atoms with Crippen molar-refractivity contribution in [3.8, 4) is 5.75 Å². The van der Waals surface area contributed by atoms with Crippen LogP contribution in [-0.2, 0) is 0 Å². The largest absolute Gasteiger partial charge is 0.573 e. The number of halogens is 3. The van der Waals surface area contributed by atoms with Crippen LogP contribution in [0, 0.1) is 0 Å². The van der Waals surface area contributed by atoms with E-state index in [-0.39, 0.29) is 17.8 Å². The zero-order valence-corrected chi connectivity index (χ0v) is 10.4. The van der Waals surface area contributed by atoms with Gasteiger partial charge in [0.15, 0.2) is 5.75 Å². The number of anilines is 1. The van der Waals surface area contributed by atoms with E-state index < -0.39 is 6.36 Å². The molecule has 106 valence electrons. The van der Waals surface area contributed by atoms with E-state index in [0.29, 0.717) is 5.69 Å². The van der Waals surface area contributed by atoms with E-state index in [4.69, 9.17) is 5.73 Å². The Morgan fingerprint density at radius 2 is 1.74 bits per heavy atom. The molecule has 1 aromatic carbocycles. The quantitative estimate of drug-likeness (QED) is 0.889. The first-order chi connectivity index (χ1) is 8.94. The Balaban J connectivity index is 2.03. The second-order valence-electron chi connectivity index (χ2n) is 4.80. The summed E-state index contributed by atoms with van der Waals surface area (Å²) in [6, 6.07) is 6.46. The van der Waals surface area contributed by atoms with Crippen LogP contribution in [-0.4, -0.2) is 18.4 Å². The van der Waals surface area contributed by atoms with E-state index in [1.165, 1.54) is 12.1 Å². The summed E-state index contributed by atoms with van der Waals surface area (Å²) in [5, 5.41) is 3.11. The number of alkyl halides is 3. The van der Waals surface area contributed by atoms with Crippen molar-refractivity contribution in [1.29, 1.82) is 0 Å². The highest BCUT2D eigenvalue weighted by Crippen LogP contribution is 2.32. The van der Waals surface area contributed by atoms with Gasteiger partial charge in [0.05, 0.1) is 5.69 Å². The van der Waals surface area contributed by atoms with Crippen molar-refractivity contribution in [1.82, 2.24) is 0 Å². The van der Waals surface area contributed by atoms with Gasteiger partial charge < -0.3 is 15.8 Å². The SMILES string of the molecule is NC1CCC(Nc2ccccc2OC(F)(F)F)CC1. The molecule has 0 bridgehead atoms. The Morgan fingerprint density at radius 3 is 2.37 bits per heavy atom. The fourth-order valence-electron chi connectivity index (χ4n) is 2.28. The maximum absolute atomic E-state index is 12.3. The molecule has 1 aromatic rings. The molecule has 0 spiro atoms. The van der Waals surface area contributed by atoms with Crippen LogP contribution in [0.2, 0.25) is 0 Å². The number of rotatable bonds is 3. The average molecular weight is 274 g/mol. The van der Waals surface area contributed by atoms with E-state index >= 15 is 0 Å². The Bertz CT molecular complexity index is 415. The van der Waals surface area contributed by atoms with Gasteiger partial charge in [-0.1, -0.05) is 12.1 Å². The van der Waals surface area contributed by atoms with Crippen molar-refractivity contribution >= 4 is 5.69 Å². The lowest BCUT2D eigenvalue weighted by Crippen LogP contribution is -2.33. The van der Waals surface area contributed by atoms with Crippen LogP contribution in [0.3, 0.4) is 0 Å². The second-order valence-corrected chi connectivity index (χ2v) is 4.80. The topological polar surface area (TPSA) is 47.3 Å². The highest BCUT2D eigenvalue weighted by atomic mass is 19.4. The summed E-state index contributed by atoms with van der Waals surface area (Å²) in [7, 11) is 0. The number of benzene rings is 1. The minimum atomic E-state index is -4.67. The van der Waals surface area contributed by atoms with E-state index in [1.54, 1.807) is 12.1 Å². The van der Waals surface area contributed by atoms with Gasteiger partial charge in [-0.05, 0) is 37.8 Å². The summed E-state index contributed by atoms with van der Waals surface area (Å²) >= 11 is 0. The van der Waals surface area contributed by atoms with Gasteiger partial charge in [0, 0.05) is 12.1 Å². The van der Waals surface area contributed by atoms with Gasteiger partial charge in [-0.15, -0.1) is 13.2 Å². The lowest BCUT2D eigenvalue weighted by molar-refractivity contribution is -0.274. The van der Waals surface area contributed by atoms with Crippen molar-refractivity contribution in [3.05, 3.63) is 24.3 Å². The molecule has 19 heavy (non-hydrogen) atoms. The molecule has 1 fully saturated rings. The van der Waals surface area contributed by atoms with E-state index in [9.17, 15) is 13.2 Å². The fraction of sp³-hybridized carbons (Fsp3) is 0.538. The zero-order chi connectivity index (χ0) is 13.9. The molecule has 0 heterocycles. The molecule has 2 rings (SSSR count). The van der Waals surface area contributed by atoms with Crippen molar-refractivity contribution in [2.24, 2.45) is 5.73 Å². The number of hydrogen-bond donors (Lipinski definition) is 2. The van der Waals surface area contributed by atoms with Crippen LogP contribution in [0.4, 0.5) is 18.9 Å². The van der Waals surface area contributed by atoms with Gasteiger partial charge in [0.1, 0.15) is 0 Å². The minimum absolute atomic E-state index is 0.151. The third kappa shape index (κ3) is 4.31. The zero-order valence-electron chi connectivity index (χ0n) is 10.4. The smallest absolute Gasteiger partial charge is 0.404 e. The van der Waals surface area contributed by atoms with Crippen LogP contribution in [0.5, 0.6) is 5.75 Å². The lowest BCUT2D eigenvalue weighted by atomic mass is 9.91. The summed E-state index contributed by atoms with van der Waals surface area (Å²) in [6.07, 6.45) is -1.17. The summed E-state index contributed by atoms with van der Waals surface area (Å²) in [5.41, 5.74) is 6.18. The predicted molar refractivity (Wildman–Crippen MR) is 67.0 cm³/mol. The normalized spacial score (nSPS) is 24.0. The van der Waals surface area contributed by atoms with Gasteiger partial charge >= 0.3 is 6.36 Å². The van der Waals surface area contributed by atoms with Crippen molar-refractivity contribution in [2.45, 2.75) is 44.1 Å². The molecule has 0 aliphatic heterocycles. The lowest BCUT2D eigenvalue weighted by Gasteiger charge is -2.28. The maximum Gasteiger partial charge on any atom is 0.573 e. The van der Waals surface area contributed by atoms with Crippen LogP contribution in [0.15, 0.2) is 24.3 Å². The van der Waals surface area contributed by atoms with Crippen LogP contribution in [0.25, 0.3) is 0 Å². The van der Waals surface area contributed by atoms with Gasteiger partial charge in [0.2, 0.25) is 0 Å². The molecular formula is C13H17F3N2O. The Hall–Kier alpha value is -1.43. The molecule has 3 nitrogen and oxygen atoms in total.